The van der Waals surface area contributed by atoms with Gasteiger partial charge in [-0.15, -0.1) is 0 Å². The lowest BCUT2D eigenvalue weighted by Gasteiger charge is -2.02. The molecule has 9 heavy (non-hydrogen) atoms. The fourth-order valence-electron chi connectivity index (χ4n) is 0.543. The average molecular weight is 126 g/mol. The normalized spacial score (nSPS) is 14.0. The van der Waals surface area contributed by atoms with E-state index in [0.717, 1.165) is 13.0 Å². The Kier molecular flexibility index (Phi) is 5.07. The second-order valence-electron chi connectivity index (χ2n) is 1.87. The van der Waals surface area contributed by atoms with Gasteiger partial charge >= 0.3 is 0 Å². The van der Waals surface area contributed by atoms with Crippen molar-refractivity contribution in [2.45, 2.75) is 26.3 Å². The summed E-state index contributed by atoms with van der Waals surface area (Å²) in [4.78, 5) is 7.94. The summed E-state index contributed by atoms with van der Waals surface area (Å²) in [5.74, 6) is 0. The molecule has 1 atom stereocenters. The Balaban J connectivity index is 3.42. The van der Waals surface area contributed by atoms with Crippen LogP contribution in [0.3, 0.4) is 0 Å². The van der Waals surface area contributed by atoms with Crippen LogP contribution in [0.15, 0.2) is 9.98 Å². The van der Waals surface area contributed by atoms with Gasteiger partial charge in [0.15, 0.2) is 0 Å². The van der Waals surface area contributed by atoms with Crippen LogP contribution in [0, 0.1) is 0 Å². The van der Waals surface area contributed by atoms with E-state index in [9.17, 15) is 0 Å². The quantitative estimate of drug-likeness (QED) is 0.511. The van der Waals surface area contributed by atoms with E-state index in [0.29, 0.717) is 6.04 Å². The highest BCUT2D eigenvalue weighted by molar-refractivity contribution is 5.53. The van der Waals surface area contributed by atoms with Crippen molar-refractivity contribution in [3.63, 3.8) is 0 Å². The summed E-state index contributed by atoms with van der Waals surface area (Å²) in [5.41, 5.74) is 0. The Morgan fingerprint density at radius 3 is 2.67 bits per heavy atom. The zero-order chi connectivity index (χ0) is 7.11. The number of hydrogen-bond acceptors (Lipinski definition) is 2. The van der Waals surface area contributed by atoms with Crippen LogP contribution in [0.5, 0.6) is 0 Å². The molecule has 2 nitrogen and oxygen atoms in total. The van der Waals surface area contributed by atoms with Crippen LogP contribution in [0.4, 0.5) is 0 Å². The molecule has 2 heteroatoms. The molecule has 0 radical (unpaired) electrons. The fraction of sp³-hybridized carbons (Fsp3) is 0.714. The van der Waals surface area contributed by atoms with Gasteiger partial charge in [-0.3, -0.25) is 9.98 Å². The van der Waals surface area contributed by atoms with E-state index < -0.39 is 0 Å². The Labute approximate surface area is 56.7 Å². The predicted molar refractivity (Wildman–Crippen MR) is 42.7 cm³/mol. The molecule has 0 aromatic carbocycles. The summed E-state index contributed by atoms with van der Waals surface area (Å²) in [6, 6.07) is 0.321. The van der Waals surface area contributed by atoms with E-state index in [1.54, 1.807) is 6.21 Å². The van der Waals surface area contributed by atoms with Crippen LogP contribution in [-0.2, 0) is 0 Å². The highest BCUT2D eigenvalue weighted by atomic mass is 14.8. The van der Waals surface area contributed by atoms with Crippen LogP contribution in [0.1, 0.15) is 20.3 Å². The number of aliphatic imine (C=N–C) groups is 2. The molecule has 1 unspecified atom stereocenters. The van der Waals surface area contributed by atoms with Gasteiger partial charge < -0.3 is 0 Å². The Bertz CT molecular complexity index is 97.1. The second kappa shape index (κ2) is 5.48. The van der Waals surface area contributed by atoms with E-state index in [4.69, 9.17) is 0 Å². The number of rotatable bonds is 4. The van der Waals surface area contributed by atoms with Gasteiger partial charge in [0.1, 0.15) is 0 Å². The van der Waals surface area contributed by atoms with E-state index in [2.05, 4.69) is 23.6 Å². The van der Waals surface area contributed by atoms with Crippen molar-refractivity contribution >= 4 is 12.9 Å². The molecule has 0 spiro atoms. The van der Waals surface area contributed by atoms with Gasteiger partial charge in [0.05, 0.1) is 12.6 Å². The molecule has 0 fully saturated rings. The first-order valence-corrected chi connectivity index (χ1v) is 3.25. The summed E-state index contributed by atoms with van der Waals surface area (Å²) in [5, 5.41) is 0. The highest BCUT2D eigenvalue weighted by Crippen LogP contribution is 1.94. The van der Waals surface area contributed by atoms with E-state index >= 15 is 0 Å². The smallest absolute Gasteiger partial charge is 0.0684 e. The molecule has 0 rings (SSSR count). The van der Waals surface area contributed by atoms with E-state index in [-0.39, 0.29) is 0 Å². The average Bonchev–Trinajstić information content (AvgIpc) is 1.91. The van der Waals surface area contributed by atoms with Gasteiger partial charge in [0.2, 0.25) is 0 Å². The van der Waals surface area contributed by atoms with Gasteiger partial charge in [-0.05, 0) is 26.3 Å². The molecule has 0 saturated heterocycles. The van der Waals surface area contributed by atoms with E-state index in [1.165, 1.54) is 0 Å². The zero-order valence-corrected chi connectivity index (χ0v) is 6.17. The maximum atomic E-state index is 4.06. The minimum absolute atomic E-state index is 0.321. The van der Waals surface area contributed by atoms with Gasteiger partial charge in [-0.1, -0.05) is 6.92 Å². The van der Waals surface area contributed by atoms with Crippen molar-refractivity contribution < 1.29 is 0 Å². The zero-order valence-electron chi connectivity index (χ0n) is 6.17. The van der Waals surface area contributed by atoms with Gasteiger partial charge in [0, 0.05) is 0 Å². The van der Waals surface area contributed by atoms with Crippen molar-refractivity contribution in [1.29, 1.82) is 0 Å². The summed E-state index contributed by atoms with van der Waals surface area (Å²) in [6.07, 6.45) is 2.83. The maximum Gasteiger partial charge on any atom is 0.0684 e. The maximum absolute atomic E-state index is 4.06. The van der Waals surface area contributed by atoms with Crippen molar-refractivity contribution in [3.05, 3.63) is 0 Å². The molecule has 0 aromatic rings. The monoisotopic (exact) mass is 126 g/mol. The lowest BCUT2D eigenvalue weighted by atomic mass is 10.2. The molecule has 0 amide bonds. The Morgan fingerprint density at radius 2 is 2.33 bits per heavy atom. The summed E-state index contributed by atoms with van der Waals surface area (Å²) >= 11 is 0. The lowest BCUT2D eigenvalue weighted by molar-refractivity contribution is 0.669. The lowest BCUT2D eigenvalue weighted by Crippen LogP contribution is -2.05. The number of hydrogen-bond donors (Lipinski definition) is 0. The SMILES string of the molecule is C=NC(CC)CN=CC. The largest absolute Gasteiger partial charge is 0.296 e. The molecule has 0 aromatic heterocycles. The summed E-state index contributed by atoms with van der Waals surface area (Å²) in [6.45, 7) is 8.25. The molecule has 0 aliphatic carbocycles. The summed E-state index contributed by atoms with van der Waals surface area (Å²) in [7, 11) is 0. The third kappa shape index (κ3) is 3.88. The van der Waals surface area contributed by atoms with Crippen molar-refractivity contribution in [1.82, 2.24) is 0 Å². The predicted octanol–water partition coefficient (Wildman–Crippen LogP) is 1.56. The Hall–Kier alpha value is -0.660. The van der Waals surface area contributed by atoms with Crippen LogP contribution >= 0.6 is 0 Å². The highest BCUT2D eigenvalue weighted by Gasteiger charge is 1.96. The fourth-order valence-corrected chi connectivity index (χ4v) is 0.543. The molecule has 0 heterocycles. The standard InChI is InChI=1S/C7H14N2/c1-4-7(8-3)6-9-5-2/h5,7H,3-4,6H2,1-2H3. The van der Waals surface area contributed by atoms with E-state index in [1.807, 2.05) is 6.92 Å². The first kappa shape index (κ1) is 8.34. The molecule has 0 bridgehead atoms. The minimum Gasteiger partial charge on any atom is -0.296 e. The van der Waals surface area contributed by atoms with Crippen LogP contribution in [0.2, 0.25) is 0 Å². The van der Waals surface area contributed by atoms with Crippen molar-refractivity contribution in [3.8, 4) is 0 Å². The van der Waals surface area contributed by atoms with Crippen molar-refractivity contribution in [2.75, 3.05) is 6.54 Å². The Morgan fingerprint density at radius 1 is 1.67 bits per heavy atom. The first-order chi connectivity index (χ1) is 4.35. The van der Waals surface area contributed by atoms with Gasteiger partial charge in [0.25, 0.3) is 0 Å². The van der Waals surface area contributed by atoms with Crippen LogP contribution in [-0.4, -0.2) is 25.5 Å². The van der Waals surface area contributed by atoms with Crippen LogP contribution in [0.25, 0.3) is 0 Å². The summed E-state index contributed by atoms with van der Waals surface area (Å²) < 4.78 is 0. The molecule has 0 N–H and O–H groups in total. The molecule has 52 valence electrons. The van der Waals surface area contributed by atoms with Gasteiger partial charge in [-0.25, -0.2) is 0 Å². The first-order valence-electron chi connectivity index (χ1n) is 3.25. The van der Waals surface area contributed by atoms with Gasteiger partial charge in [-0.2, -0.15) is 0 Å². The molecular weight excluding hydrogens is 112 g/mol. The van der Waals surface area contributed by atoms with Crippen molar-refractivity contribution in [2.24, 2.45) is 9.98 Å². The van der Waals surface area contributed by atoms with Crippen LogP contribution < -0.4 is 0 Å². The minimum atomic E-state index is 0.321. The molecular formula is C7H14N2. The number of nitrogens with zero attached hydrogens (tertiary/aromatic N) is 2. The third-order valence-electron chi connectivity index (χ3n) is 1.23. The molecule has 0 saturated carbocycles. The molecule has 0 aliphatic heterocycles. The second-order valence-corrected chi connectivity index (χ2v) is 1.87. The molecule has 0 aliphatic rings. The topological polar surface area (TPSA) is 24.7 Å². The third-order valence-corrected chi connectivity index (χ3v) is 1.23.